The molecule has 0 fully saturated rings. The molecular weight excluding hydrogens is 294 g/mol. The largest absolute Gasteiger partial charge is 0.361 e. The van der Waals surface area contributed by atoms with Crippen molar-refractivity contribution in [1.29, 1.82) is 0 Å². The molecule has 2 nitrogen and oxygen atoms in total. The van der Waals surface area contributed by atoms with Crippen LogP contribution in [0, 0.1) is 0 Å². The topological polar surface area (TPSA) is 24.2 Å². The SMILES string of the molecule is c1ccc(-c2cc(-c3ccccc3)[o+]c(-c3ccncc3)c2)cc1. The summed E-state index contributed by atoms with van der Waals surface area (Å²) in [5.74, 6) is 1.68. The van der Waals surface area contributed by atoms with Crippen molar-refractivity contribution in [3.05, 3.63) is 97.3 Å². The van der Waals surface area contributed by atoms with Crippen LogP contribution >= 0.6 is 0 Å². The van der Waals surface area contributed by atoms with Crippen LogP contribution in [0.3, 0.4) is 0 Å². The Morgan fingerprint density at radius 1 is 0.500 bits per heavy atom. The van der Waals surface area contributed by atoms with Gasteiger partial charge in [-0.15, -0.1) is 0 Å². The van der Waals surface area contributed by atoms with E-state index in [1.165, 1.54) is 5.56 Å². The summed E-state index contributed by atoms with van der Waals surface area (Å²) in [6.07, 6.45) is 3.56. The standard InChI is InChI=1S/C22H16NO/c1-3-7-17(8-4-1)20-15-21(18-9-5-2-6-10-18)24-22(16-20)19-11-13-23-14-12-19/h1-16H/q+1. The third kappa shape index (κ3) is 2.95. The summed E-state index contributed by atoms with van der Waals surface area (Å²) < 4.78 is 6.18. The number of hydrogen-bond donors (Lipinski definition) is 0. The second kappa shape index (κ2) is 6.47. The van der Waals surface area contributed by atoms with Crippen molar-refractivity contribution in [1.82, 2.24) is 4.98 Å². The van der Waals surface area contributed by atoms with E-state index in [0.717, 1.165) is 28.2 Å². The van der Waals surface area contributed by atoms with Gasteiger partial charge in [0.1, 0.15) is 0 Å². The minimum atomic E-state index is 0.831. The first kappa shape index (κ1) is 14.3. The van der Waals surface area contributed by atoms with Crippen LogP contribution < -0.4 is 0 Å². The second-order valence-corrected chi connectivity index (χ2v) is 5.54. The van der Waals surface area contributed by atoms with E-state index < -0.39 is 0 Å². The Kier molecular flexibility index (Phi) is 3.86. The third-order valence-corrected chi connectivity index (χ3v) is 3.92. The molecule has 0 N–H and O–H groups in total. The number of nitrogens with zero attached hydrogens (tertiary/aromatic N) is 1. The van der Waals surface area contributed by atoms with Gasteiger partial charge in [-0.2, -0.15) is 0 Å². The quantitative estimate of drug-likeness (QED) is 0.436. The van der Waals surface area contributed by atoms with Crippen LogP contribution in [0.2, 0.25) is 0 Å². The lowest BCUT2D eigenvalue weighted by atomic mass is 10.0. The van der Waals surface area contributed by atoms with Crippen LogP contribution in [0.15, 0.2) is 102 Å². The molecule has 0 aliphatic heterocycles. The smallest absolute Gasteiger partial charge is 0.265 e. The highest BCUT2D eigenvalue weighted by Crippen LogP contribution is 2.32. The Balaban J connectivity index is 1.92. The Bertz CT molecular complexity index is 796. The molecule has 2 heteroatoms. The predicted molar refractivity (Wildman–Crippen MR) is 97.2 cm³/mol. The van der Waals surface area contributed by atoms with Gasteiger partial charge in [-0.3, -0.25) is 4.98 Å². The van der Waals surface area contributed by atoms with Crippen molar-refractivity contribution in [3.8, 4) is 33.8 Å². The van der Waals surface area contributed by atoms with Gasteiger partial charge in [-0.25, -0.2) is 4.42 Å². The molecule has 0 aliphatic carbocycles. The van der Waals surface area contributed by atoms with Crippen LogP contribution in [0.5, 0.6) is 0 Å². The number of aromatic nitrogens is 1. The van der Waals surface area contributed by atoms with Crippen molar-refractivity contribution in [2.75, 3.05) is 0 Å². The molecule has 0 amide bonds. The Morgan fingerprint density at radius 2 is 1.00 bits per heavy atom. The molecule has 2 aromatic carbocycles. The van der Waals surface area contributed by atoms with Gasteiger partial charge in [0.25, 0.3) is 0 Å². The first-order valence-corrected chi connectivity index (χ1v) is 7.89. The van der Waals surface area contributed by atoms with Crippen LogP contribution in [-0.2, 0) is 0 Å². The fourth-order valence-electron chi connectivity index (χ4n) is 2.70. The summed E-state index contributed by atoms with van der Waals surface area (Å²) in [6.45, 7) is 0. The molecule has 0 aliphatic rings. The fraction of sp³-hybridized carbons (Fsp3) is 0. The molecule has 114 valence electrons. The van der Waals surface area contributed by atoms with Crippen molar-refractivity contribution in [2.45, 2.75) is 0 Å². The molecule has 0 bridgehead atoms. The third-order valence-electron chi connectivity index (χ3n) is 3.92. The maximum absolute atomic E-state index is 6.18. The van der Waals surface area contributed by atoms with Crippen LogP contribution in [0.4, 0.5) is 0 Å². The van der Waals surface area contributed by atoms with E-state index >= 15 is 0 Å². The first-order valence-electron chi connectivity index (χ1n) is 7.89. The summed E-state index contributed by atoms with van der Waals surface area (Å²) in [4.78, 5) is 4.09. The van der Waals surface area contributed by atoms with E-state index in [1.54, 1.807) is 12.4 Å². The Hall–Kier alpha value is -3.26. The summed E-state index contributed by atoms with van der Waals surface area (Å²) in [6, 6.07) is 28.6. The van der Waals surface area contributed by atoms with E-state index in [2.05, 4.69) is 41.4 Å². The van der Waals surface area contributed by atoms with Gasteiger partial charge < -0.3 is 0 Å². The van der Waals surface area contributed by atoms with Crippen LogP contribution in [-0.4, -0.2) is 4.98 Å². The normalized spacial score (nSPS) is 10.5. The predicted octanol–water partition coefficient (Wildman–Crippen LogP) is 5.96. The summed E-state index contributed by atoms with van der Waals surface area (Å²) in [7, 11) is 0. The van der Waals surface area contributed by atoms with Crippen LogP contribution in [0.25, 0.3) is 33.8 Å². The van der Waals surface area contributed by atoms with Gasteiger partial charge in [0.05, 0.1) is 23.3 Å². The van der Waals surface area contributed by atoms with Gasteiger partial charge in [-0.05, 0) is 29.8 Å². The van der Waals surface area contributed by atoms with E-state index in [1.807, 2.05) is 48.5 Å². The average molecular weight is 310 g/mol. The molecule has 24 heavy (non-hydrogen) atoms. The minimum Gasteiger partial charge on any atom is -0.265 e. The molecule has 0 saturated heterocycles. The number of pyridine rings is 1. The number of benzene rings is 2. The van der Waals surface area contributed by atoms with Gasteiger partial charge in [0, 0.05) is 18.0 Å². The summed E-state index contributed by atoms with van der Waals surface area (Å²) in [5.41, 5.74) is 4.37. The molecule has 0 spiro atoms. The zero-order chi connectivity index (χ0) is 16.2. The summed E-state index contributed by atoms with van der Waals surface area (Å²) >= 11 is 0. The average Bonchev–Trinajstić information content (AvgIpc) is 2.70. The minimum absolute atomic E-state index is 0.831. The maximum atomic E-state index is 6.18. The monoisotopic (exact) mass is 310 g/mol. The first-order chi connectivity index (χ1) is 11.9. The lowest BCUT2D eigenvalue weighted by molar-refractivity contribution is 0.582. The molecule has 2 aromatic heterocycles. The van der Waals surface area contributed by atoms with Gasteiger partial charge in [0.2, 0.25) is 0 Å². The molecule has 0 radical (unpaired) electrons. The number of hydrogen-bond acceptors (Lipinski definition) is 1. The molecule has 0 unspecified atom stereocenters. The van der Waals surface area contributed by atoms with Gasteiger partial charge >= 0.3 is 11.5 Å². The lowest BCUT2D eigenvalue weighted by Crippen LogP contribution is -1.86. The fourth-order valence-corrected chi connectivity index (χ4v) is 2.70. The Morgan fingerprint density at radius 3 is 1.58 bits per heavy atom. The molecule has 4 rings (SSSR count). The van der Waals surface area contributed by atoms with Crippen molar-refractivity contribution in [2.24, 2.45) is 0 Å². The molecule has 4 aromatic rings. The second-order valence-electron chi connectivity index (χ2n) is 5.54. The van der Waals surface area contributed by atoms with Crippen molar-refractivity contribution < 1.29 is 4.42 Å². The Labute approximate surface area is 141 Å². The van der Waals surface area contributed by atoms with Crippen LogP contribution in [0.1, 0.15) is 0 Å². The highest BCUT2D eigenvalue weighted by molar-refractivity contribution is 5.74. The lowest BCUT2D eigenvalue weighted by Gasteiger charge is -2.02. The van der Waals surface area contributed by atoms with Gasteiger partial charge in [0.15, 0.2) is 0 Å². The molecule has 0 atom stereocenters. The zero-order valence-corrected chi connectivity index (χ0v) is 13.1. The van der Waals surface area contributed by atoms with E-state index in [4.69, 9.17) is 4.42 Å². The summed E-state index contributed by atoms with van der Waals surface area (Å²) in [5, 5.41) is 0. The molecule has 0 saturated carbocycles. The maximum Gasteiger partial charge on any atom is 0.361 e. The van der Waals surface area contributed by atoms with E-state index in [0.29, 0.717) is 0 Å². The highest BCUT2D eigenvalue weighted by atomic mass is 16.3. The van der Waals surface area contributed by atoms with Crippen molar-refractivity contribution in [3.63, 3.8) is 0 Å². The van der Waals surface area contributed by atoms with Gasteiger partial charge in [-0.1, -0.05) is 48.5 Å². The number of rotatable bonds is 3. The van der Waals surface area contributed by atoms with E-state index in [9.17, 15) is 0 Å². The molecular formula is C22H16NO+. The van der Waals surface area contributed by atoms with E-state index in [-0.39, 0.29) is 0 Å². The molecule has 2 heterocycles. The highest BCUT2D eigenvalue weighted by Gasteiger charge is 2.20. The zero-order valence-electron chi connectivity index (χ0n) is 13.1. The van der Waals surface area contributed by atoms with Crippen molar-refractivity contribution >= 4 is 0 Å².